The average molecular weight is 154 g/mol. The van der Waals surface area contributed by atoms with Crippen molar-refractivity contribution in [1.82, 2.24) is 0 Å². The average Bonchev–Trinajstić information content (AvgIpc) is 1.62. The minimum Gasteiger partial charge on any atom is -0.321 e. The van der Waals surface area contributed by atoms with Gasteiger partial charge < -0.3 is 4.89 Å². The zero-order valence-corrected chi connectivity index (χ0v) is 6.73. The Morgan fingerprint density at radius 2 is 1.78 bits per heavy atom. The molecule has 0 aliphatic heterocycles. The van der Waals surface area contributed by atoms with Crippen molar-refractivity contribution in [2.24, 2.45) is 5.92 Å². The first-order valence-corrected chi connectivity index (χ1v) is 4.49. The third-order valence-electron chi connectivity index (χ3n) is 1.47. The van der Waals surface area contributed by atoms with Crippen LogP contribution in [0.1, 0.15) is 20.8 Å². The van der Waals surface area contributed by atoms with Crippen molar-refractivity contribution in [1.29, 1.82) is 0 Å². The lowest BCUT2D eigenvalue weighted by atomic mass is 10.2. The molecule has 0 aromatic heterocycles. The lowest BCUT2D eigenvalue weighted by Crippen LogP contribution is -2.08. The molecule has 0 saturated carbocycles. The molecule has 2 unspecified atom stereocenters. The lowest BCUT2D eigenvalue weighted by Gasteiger charge is -2.14. The summed E-state index contributed by atoms with van der Waals surface area (Å²) in [6.45, 7) is 4.87. The summed E-state index contributed by atoms with van der Waals surface area (Å²) in [6.07, 6.45) is 0. The first kappa shape index (κ1) is 9.12. The highest BCUT2D eigenvalue weighted by Crippen LogP contribution is 2.50. The lowest BCUT2D eigenvalue weighted by molar-refractivity contribution is 0.398. The molecule has 0 aromatic rings. The maximum absolute atomic E-state index is 12.1. The normalized spacial score (nSPS) is 21.6. The van der Waals surface area contributed by atoms with Crippen LogP contribution in [0.2, 0.25) is 0 Å². The van der Waals surface area contributed by atoms with Gasteiger partial charge in [-0.25, -0.2) is 0 Å². The van der Waals surface area contributed by atoms with Gasteiger partial charge in [-0.3, -0.25) is 4.57 Å². The van der Waals surface area contributed by atoms with E-state index in [-0.39, 0.29) is 5.92 Å². The SMILES string of the molecule is CC(C)C(C)P(=O)(O)F. The van der Waals surface area contributed by atoms with Crippen LogP contribution in [0.15, 0.2) is 0 Å². The fourth-order valence-electron chi connectivity index (χ4n) is 0.368. The van der Waals surface area contributed by atoms with Crippen LogP contribution in [0.25, 0.3) is 0 Å². The summed E-state index contributed by atoms with van der Waals surface area (Å²) in [5.41, 5.74) is -0.738. The van der Waals surface area contributed by atoms with E-state index in [0.717, 1.165) is 0 Å². The van der Waals surface area contributed by atoms with E-state index >= 15 is 0 Å². The fraction of sp³-hybridized carbons (Fsp3) is 1.00. The summed E-state index contributed by atoms with van der Waals surface area (Å²) < 4.78 is 22.4. The third kappa shape index (κ3) is 2.97. The largest absolute Gasteiger partial charge is 0.368 e. The minimum atomic E-state index is -4.31. The highest BCUT2D eigenvalue weighted by atomic mass is 31.2. The molecule has 4 heteroatoms. The Bertz CT molecular complexity index is 129. The summed E-state index contributed by atoms with van der Waals surface area (Å²) in [7, 11) is -4.31. The molecule has 0 aliphatic rings. The van der Waals surface area contributed by atoms with Crippen molar-refractivity contribution < 1.29 is 13.7 Å². The molecular weight excluding hydrogens is 142 g/mol. The maximum atomic E-state index is 12.1. The van der Waals surface area contributed by atoms with Gasteiger partial charge in [-0.05, 0) is 5.92 Å². The first-order valence-electron chi connectivity index (χ1n) is 2.88. The van der Waals surface area contributed by atoms with E-state index in [2.05, 4.69) is 0 Å². The molecule has 2 atom stereocenters. The summed E-state index contributed by atoms with van der Waals surface area (Å²) in [5.74, 6) is -0.0779. The second-order valence-corrected chi connectivity index (χ2v) is 4.43. The van der Waals surface area contributed by atoms with Gasteiger partial charge in [0.05, 0.1) is 5.66 Å². The molecule has 0 radical (unpaired) electrons. The Morgan fingerprint density at radius 3 is 1.78 bits per heavy atom. The molecule has 0 aromatic carbocycles. The van der Waals surface area contributed by atoms with Gasteiger partial charge in [0, 0.05) is 0 Å². The summed E-state index contributed by atoms with van der Waals surface area (Å²) in [6, 6.07) is 0. The summed E-state index contributed by atoms with van der Waals surface area (Å²) in [5, 5.41) is 0. The predicted molar refractivity (Wildman–Crippen MR) is 35.2 cm³/mol. The van der Waals surface area contributed by atoms with E-state index in [1.54, 1.807) is 13.8 Å². The molecule has 0 heterocycles. The van der Waals surface area contributed by atoms with Crippen LogP contribution < -0.4 is 0 Å². The Balaban J connectivity index is 4.05. The van der Waals surface area contributed by atoms with Crippen molar-refractivity contribution in [3.8, 4) is 0 Å². The second kappa shape index (κ2) is 2.80. The molecule has 0 bridgehead atoms. The van der Waals surface area contributed by atoms with Crippen molar-refractivity contribution in [2.75, 3.05) is 0 Å². The van der Waals surface area contributed by atoms with Crippen molar-refractivity contribution in [2.45, 2.75) is 26.4 Å². The number of halogens is 1. The zero-order valence-electron chi connectivity index (χ0n) is 5.84. The Labute approximate surface area is 54.7 Å². The van der Waals surface area contributed by atoms with E-state index in [9.17, 15) is 8.76 Å². The molecule has 9 heavy (non-hydrogen) atoms. The highest BCUT2D eigenvalue weighted by molar-refractivity contribution is 7.53. The standard InChI is InChI=1S/C5H12FO2P/c1-4(2)5(3)9(6,7)8/h4-5H,1-3H3,(H,7,8). The molecule has 0 aliphatic carbocycles. The molecule has 1 N–H and O–H groups in total. The van der Waals surface area contributed by atoms with Crippen LogP contribution in [-0.4, -0.2) is 10.6 Å². The van der Waals surface area contributed by atoms with Crippen molar-refractivity contribution in [3.63, 3.8) is 0 Å². The third-order valence-corrected chi connectivity index (χ3v) is 3.07. The number of hydrogen-bond donors (Lipinski definition) is 1. The Kier molecular flexibility index (Phi) is 2.84. The first-order chi connectivity index (χ1) is 3.85. The fourth-order valence-corrected chi connectivity index (χ4v) is 1.10. The highest BCUT2D eigenvalue weighted by Gasteiger charge is 2.28. The van der Waals surface area contributed by atoms with Gasteiger partial charge in [0.15, 0.2) is 0 Å². The van der Waals surface area contributed by atoms with E-state index in [1.165, 1.54) is 6.92 Å². The van der Waals surface area contributed by atoms with Gasteiger partial charge in [-0.1, -0.05) is 20.8 Å². The maximum Gasteiger partial charge on any atom is 0.368 e. The van der Waals surface area contributed by atoms with E-state index in [1.807, 2.05) is 0 Å². The molecule has 0 saturated heterocycles. The van der Waals surface area contributed by atoms with E-state index in [4.69, 9.17) is 4.89 Å². The van der Waals surface area contributed by atoms with Crippen LogP contribution in [0.4, 0.5) is 4.20 Å². The quantitative estimate of drug-likeness (QED) is 0.619. The van der Waals surface area contributed by atoms with Gasteiger partial charge in [0.25, 0.3) is 0 Å². The topological polar surface area (TPSA) is 37.3 Å². The van der Waals surface area contributed by atoms with Gasteiger partial charge in [0.2, 0.25) is 0 Å². The molecule has 0 rings (SSSR count). The van der Waals surface area contributed by atoms with Crippen LogP contribution in [0, 0.1) is 5.92 Å². The minimum absolute atomic E-state index is 0.0779. The van der Waals surface area contributed by atoms with Crippen LogP contribution in [0.5, 0.6) is 0 Å². The molecular formula is C5H12FO2P. The molecule has 0 spiro atoms. The summed E-state index contributed by atoms with van der Waals surface area (Å²) >= 11 is 0. The zero-order chi connectivity index (χ0) is 7.65. The number of rotatable bonds is 2. The van der Waals surface area contributed by atoms with Crippen LogP contribution in [0.3, 0.4) is 0 Å². The Morgan fingerprint density at radius 1 is 1.44 bits per heavy atom. The van der Waals surface area contributed by atoms with Crippen LogP contribution >= 0.6 is 7.68 Å². The van der Waals surface area contributed by atoms with Crippen molar-refractivity contribution >= 4 is 7.68 Å². The van der Waals surface area contributed by atoms with Crippen LogP contribution in [-0.2, 0) is 4.57 Å². The molecule has 2 nitrogen and oxygen atoms in total. The van der Waals surface area contributed by atoms with Crippen molar-refractivity contribution in [3.05, 3.63) is 0 Å². The smallest absolute Gasteiger partial charge is 0.321 e. The monoisotopic (exact) mass is 154 g/mol. The molecule has 56 valence electrons. The summed E-state index contributed by atoms with van der Waals surface area (Å²) in [4.78, 5) is 8.35. The van der Waals surface area contributed by atoms with Gasteiger partial charge in [0.1, 0.15) is 0 Å². The molecule has 0 fully saturated rings. The predicted octanol–water partition coefficient (Wildman–Crippen LogP) is 2.19. The van der Waals surface area contributed by atoms with E-state index < -0.39 is 13.3 Å². The Hall–Kier alpha value is 0.120. The van der Waals surface area contributed by atoms with E-state index in [0.29, 0.717) is 0 Å². The number of hydrogen-bond acceptors (Lipinski definition) is 1. The van der Waals surface area contributed by atoms with Gasteiger partial charge in [-0.15, -0.1) is 0 Å². The van der Waals surface area contributed by atoms with Gasteiger partial charge >= 0.3 is 7.68 Å². The van der Waals surface area contributed by atoms with Gasteiger partial charge in [-0.2, -0.15) is 4.20 Å². The second-order valence-electron chi connectivity index (χ2n) is 2.53. The molecule has 0 amide bonds.